The summed E-state index contributed by atoms with van der Waals surface area (Å²) in [4.78, 5) is 32.6. The molecule has 0 rings (SSSR count). The number of carbonyl (C=O) groups is 3. The van der Waals surface area contributed by atoms with Crippen molar-refractivity contribution in [3.8, 4) is 0 Å². The molecule has 0 heterocycles. The zero-order valence-corrected chi connectivity index (χ0v) is 11.1. The molecule has 2 N–H and O–H groups in total. The highest BCUT2D eigenvalue weighted by molar-refractivity contribution is 5.81. The van der Waals surface area contributed by atoms with Crippen LogP contribution in [0.3, 0.4) is 0 Å². The molecule has 6 heteroatoms. The summed E-state index contributed by atoms with van der Waals surface area (Å²) < 4.78 is 5.11. The Bertz CT molecular complexity index is 306. The molecule has 0 aromatic heterocycles. The van der Waals surface area contributed by atoms with E-state index in [2.05, 4.69) is 5.32 Å². The summed E-state index contributed by atoms with van der Waals surface area (Å²) in [6.07, 6.45) is 1.57. The van der Waals surface area contributed by atoms with Crippen LogP contribution in [-0.2, 0) is 19.1 Å². The lowest BCUT2D eigenvalue weighted by Gasteiger charge is -2.19. The topological polar surface area (TPSA) is 92.7 Å². The molecule has 0 fully saturated rings. The van der Waals surface area contributed by atoms with Crippen LogP contribution >= 0.6 is 0 Å². The van der Waals surface area contributed by atoms with Gasteiger partial charge in [-0.05, 0) is 33.6 Å². The first-order valence-electron chi connectivity index (χ1n) is 5.91. The molecule has 104 valence electrons. The Labute approximate surface area is 107 Å². The minimum atomic E-state index is -1.07. The molecule has 0 spiro atoms. The third-order valence-electron chi connectivity index (χ3n) is 1.89. The number of esters is 1. The SMILES string of the molecule is CC(C)(C)OC(=O)CCCCC(=O)NCC(=O)O. The fourth-order valence-corrected chi connectivity index (χ4v) is 1.21. The lowest BCUT2D eigenvalue weighted by molar-refractivity contribution is -0.155. The lowest BCUT2D eigenvalue weighted by Crippen LogP contribution is -2.29. The third kappa shape index (κ3) is 10.9. The van der Waals surface area contributed by atoms with Crippen LogP contribution in [0.15, 0.2) is 0 Å². The number of rotatable bonds is 7. The number of hydrogen-bond acceptors (Lipinski definition) is 4. The minimum Gasteiger partial charge on any atom is -0.480 e. The van der Waals surface area contributed by atoms with Crippen LogP contribution in [0.5, 0.6) is 0 Å². The number of amides is 1. The Balaban J connectivity index is 3.59. The normalized spacial score (nSPS) is 10.8. The summed E-state index contributed by atoms with van der Waals surface area (Å²) in [5.41, 5.74) is -0.490. The van der Waals surface area contributed by atoms with Gasteiger partial charge in [0.2, 0.25) is 5.91 Å². The quantitative estimate of drug-likeness (QED) is 0.527. The molecule has 0 aromatic carbocycles. The minimum absolute atomic E-state index is 0.218. The van der Waals surface area contributed by atoms with E-state index in [0.717, 1.165) is 0 Å². The highest BCUT2D eigenvalue weighted by Crippen LogP contribution is 2.10. The van der Waals surface area contributed by atoms with Crippen molar-refractivity contribution in [3.05, 3.63) is 0 Å². The van der Waals surface area contributed by atoms with Crippen molar-refractivity contribution in [2.45, 2.75) is 52.1 Å². The summed E-state index contributed by atoms with van der Waals surface area (Å²) in [6, 6.07) is 0. The fourth-order valence-electron chi connectivity index (χ4n) is 1.21. The molecule has 0 aliphatic carbocycles. The first-order valence-corrected chi connectivity index (χ1v) is 5.91. The van der Waals surface area contributed by atoms with E-state index in [0.29, 0.717) is 12.8 Å². The van der Waals surface area contributed by atoms with E-state index < -0.39 is 11.6 Å². The van der Waals surface area contributed by atoms with Crippen molar-refractivity contribution in [2.24, 2.45) is 0 Å². The Kier molecular flexibility index (Phi) is 7.00. The van der Waals surface area contributed by atoms with Gasteiger partial charge in [-0.3, -0.25) is 14.4 Å². The van der Waals surface area contributed by atoms with Gasteiger partial charge in [0.05, 0.1) is 0 Å². The third-order valence-corrected chi connectivity index (χ3v) is 1.89. The molecule has 0 unspecified atom stereocenters. The van der Waals surface area contributed by atoms with Crippen molar-refractivity contribution in [2.75, 3.05) is 6.54 Å². The average molecular weight is 259 g/mol. The van der Waals surface area contributed by atoms with Gasteiger partial charge in [0, 0.05) is 12.8 Å². The van der Waals surface area contributed by atoms with E-state index in [1.54, 1.807) is 20.8 Å². The zero-order valence-electron chi connectivity index (χ0n) is 11.1. The molecular formula is C12H21NO5. The molecule has 6 nitrogen and oxygen atoms in total. The van der Waals surface area contributed by atoms with Crippen LogP contribution in [0.4, 0.5) is 0 Å². The first-order chi connectivity index (χ1) is 8.20. The first kappa shape index (κ1) is 16.4. The maximum atomic E-state index is 11.3. The van der Waals surface area contributed by atoms with Crippen LogP contribution in [-0.4, -0.2) is 35.1 Å². The summed E-state index contributed by atoms with van der Waals surface area (Å²) in [5, 5.41) is 10.6. The highest BCUT2D eigenvalue weighted by Gasteiger charge is 2.15. The van der Waals surface area contributed by atoms with Gasteiger partial charge in [-0.15, -0.1) is 0 Å². The summed E-state index contributed by atoms with van der Waals surface area (Å²) >= 11 is 0. The lowest BCUT2D eigenvalue weighted by atomic mass is 10.1. The van der Waals surface area contributed by atoms with E-state index in [4.69, 9.17) is 9.84 Å². The van der Waals surface area contributed by atoms with Gasteiger partial charge < -0.3 is 15.2 Å². The van der Waals surface area contributed by atoms with E-state index in [1.165, 1.54) is 0 Å². The Morgan fingerprint density at radius 3 is 2.17 bits per heavy atom. The van der Waals surface area contributed by atoms with E-state index in [9.17, 15) is 14.4 Å². The van der Waals surface area contributed by atoms with Crippen molar-refractivity contribution >= 4 is 17.8 Å². The van der Waals surface area contributed by atoms with Crippen molar-refractivity contribution in [1.82, 2.24) is 5.32 Å². The smallest absolute Gasteiger partial charge is 0.322 e. The predicted octanol–water partition coefficient (Wildman–Crippen LogP) is 1.09. The van der Waals surface area contributed by atoms with Gasteiger partial charge in [0.25, 0.3) is 0 Å². The number of carboxylic acids is 1. The standard InChI is InChI=1S/C12H21NO5/c1-12(2,3)18-11(17)7-5-4-6-9(14)13-8-10(15)16/h4-8H2,1-3H3,(H,13,14)(H,15,16). The van der Waals surface area contributed by atoms with E-state index in [-0.39, 0.29) is 31.3 Å². The second-order valence-electron chi connectivity index (χ2n) is 4.96. The zero-order chi connectivity index (χ0) is 14.2. The molecule has 1 amide bonds. The molecular weight excluding hydrogens is 238 g/mol. The Morgan fingerprint density at radius 1 is 1.11 bits per heavy atom. The fraction of sp³-hybridized carbons (Fsp3) is 0.750. The second-order valence-corrected chi connectivity index (χ2v) is 4.96. The van der Waals surface area contributed by atoms with Crippen LogP contribution in [0.1, 0.15) is 46.5 Å². The largest absolute Gasteiger partial charge is 0.480 e. The molecule has 0 saturated heterocycles. The summed E-state index contributed by atoms with van der Waals surface area (Å²) in [6.45, 7) is 5.02. The van der Waals surface area contributed by atoms with Crippen LogP contribution in [0.2, 0.25) is 0 Å². The monoisotopic (exact) mass is 259 g/mol. The van der Waals surface area contributed by atoms with Crippen LogP contribution in [0.25, 0.3) is 0 Å². The molecule has 0 aromatic rings. The summed E-state index contributed by atoms with van der Waals surface area (Å²) in [5.74, 6) is -1.67. The molecule has 0 atom stereocenters. The van der Waals surface area contributed by atoms with Crippen LogP contribution in [0, 0.1) is 0 Å². The highest BCUT2D eigenvalue weighted by atomic mass is 16.6. The van der Waals surface area contributed by atoms with Crippen molar-refractivity contribution in [1.29, 1.82) is 0 Å². The predicted molar refractivity (Wildman–Crippen MR) is 65.0 cm³/mol. The van der Waals surface area contributed by atoms with Gasteiger partial charge >= 0.3 is 11.9 Å². The Morgan fingerprint density at radius 2 is 1.67 bits per heavy atom. The number of unbranched alkanes of at least 4 members (excludes halogenated alkanes) is 1. The summed E-state index contributed by atoms with van der Waals surface area (Å²) in [7, 11) is 0. The molecule has 0 aliphatic heterocycles. The van der Waals surface area contributed by atoms with Gasteiger partial charge in [-0.25, -0.2) is 0 Å². The van der Waals surface area contributed by atoms with Crippen LogP contribution < -0.4 is 5.32 Å². The number of nitrogens with one attached hydrogen (secondary N) is 1. The number of carboxylic acid groups (broad SMARTS) is 1. The van der Waals surface area contributed by atoms with Gasteiger partial charge in [0.15, 0.2) is 0 Å². The molecule has 0 saturated carbocycles. The molecule has 0 aliphatic rings. The second kappa shape index (κ2) is 7.68. The van der Waals surface area contributed by atoms with E-state index in [1.807, 2.05) is 0 Å². The molecule has 0 radical (unpaired) electrons. The number of ether oxygens (including phenoxy) is 1. The maximum absolute atomic E-state index is 11.3. The molecule has 0 bridgehead atoms. The maximum Gasteiger partial charge on any atom is 0.322 e. The number of aliphatic carboxylic acids is 1. The van der Waals surface area contributed by atoms with Crippen molar-refractivity contribution in [3.63, 3.8) is 0 Å². The van der Waals surface area contributed by atoms with Gasteiger partial charge in [-0.2, -0.15) is 0 Å². The van der Waals surface area contributed by atoms with Gasteiger partial charge in [0.1, 0.15) is 12.1 Å². The van der Waals surface area contributed by atoms with Gasteiger partial charge in [-0.1, -0.05) is 0 Å². The average Bonchev–Trinajstić information content (AvgIpc) is 2.19. The Hall–Kier alpha value is -1.59. The number of hydrogen-bond donors (Lipinski definition) is 2. The van der Waals surface area contributed by atoms with Crippen molar-refractivity contribution < 1.29 is 24.2 Å². The number of carbonyl (C=O) groups excluding carboxylic acids is 2. The van der Waals surface area contributed by atoms with E-state index >= 15 is 0 Å². The molecule has 18 heavy (non-hydrogen) atoms.